The molecule has 0 spiro atoms. The molecule has 3 aromatic rings. The van der Waals surface area contributed by atoms with Gasteiger partial charge >= 0.3 is 0 Å². The van der Waals surface area contributed by atoms with Crippen LogP contribution in [0.25, 0.3) is 22.6 Å². The number of hydrogen-bond acceptors (Lipinski definition) is 4. The van der Waals surface area contributed by atoms with E-state index in [1.54, 1.807) is 24.4 Å². The molecule has 0 amide bonds. The highest BCUT2D eigenvalue weighted by Crippen LogP contribution is 2.24. The molecule has 0 aliphatic heterocycles. The fraction of sp³-hybridized carbons (Fsp3) is 0. The van der Waals surface area contributed by atoms with Gasteiger partial charge in [-0.1, -0.05) is 0 Å². The monoisotopic (exact) mass is 243 g/mol. The standard InChI is InChI=1S/C11H9N5O2/c1-15(17)7-2-3-8-10(6-7)16(18)11(13-8)9-4-5-12-14-9/h2-6,18H,1H2,(H,12,14). The van der Waals surface area contributed by atoms with Gasteiger partial charge in [0.05, 0.1) is 5.52 Å². The highest BCUT2D eigenvalue weighted by molar-refractivity contribution is 5.81. The summed E-state index contributed by atoms with van der Waals surface area (Å²) in [6.07, 6.45) is 1.56. The van der Waals surface area contributed by atoms with Crippen molar-refractivity contribution in [1.82, 2.24) is 19.9 Å². The van der Waals surface area contributed by atoms with Gasteiger partial charge in [0, 0.05) is 18.3 Å². The summed E-state index contributed by atoms with van der Waals surface area (Å²) >= 11 is 0. The maximum atomic E-state index is 11.1. The van der Waals surface area contributed by atoms with Crippen LogP contribution in [0.15, 0.2) is 30.5 Å². The van der Waals surface area contributed by atoms with Gasteiger partial charge in [-0.15, -0.1) is 0 Å². The van der Waals surface area contributed by atoms with Crippen LogP contribution in [-0.4, -0.2) is 36.6 Å². The van der Waals surface area contributed by atoms with E-state index in [0.717, 1.165) is 4.73 Å². The Morgan fingerprint density at radius 1 is 1.39 bits per heavy atom. The smallest absolute Gasteiger partial charge is 0.218 e. The molecule has 2 aromatic heterocycles. The number of aromatic nitrogens is 4. The Balaban J connectivity index is 2.25. The predicted molar refractivity (Wildman–Crippen MR) is 64.9 cm³/mol. The van der Waals surface area contributed by atoms with Crippen LogP contribution < -0.4 is 0 Å². The van der Waals surface area contributed by atoms with Crippen molar-refractivity contribution in [2.75, 3.05) is 0 Å². The Labute approximate surface area is 101 Å². The number of benzene rings is 1. The van der Waals surface area contributed by atoms with E-state index in [1.807, 2.05) is 0 Å². The van der Waals surface area contributed by atoms with E-state index < -0.39 is 0 Å². The third-order valence-corrected chi connectivity index (χ3v) is 2.64. The molecule has 18 heavy (non-hydrogen) atoms. The van der Waals surface area contributed by atoms with Crippen molar-refractivity contribution < 1.29 is 9.95 Å². The fourth-order valence-corrected chi connectivity index (χ4v) is 1.76. The minimum Gasteiger partial charge on any atom is -0.619 e. The summed E-state index contributed by atoms with van der Waals surface area (Å²) in [6.45, 7) is 3.25. The molecule has 0 aliphatic rings. The van der Waals surface area contributed by atoms with Crippen molar-refractivity contribution in [3.63, 3.8) is 0 Å². The third-order valence-electron chi connectivity index (χ3n) is 2.64. The van der Waals surface area contributed by atoms with Gasteiger partial charge in [0.25, 0.3) is 0 Å². The van der Waals surface area contributed by atoms with Crippen LogP contribution in [0.5, 0.6) is 0 Å². The lowest BCUT2D eigenvalue weighted by Gasteiger charge is -2.00. The summed E-state index contributed by atoms with van der Waals surface area (Å²) in [6, 6.07) is 6.44. The summed E-state index contributed by atoms with van der Waals surface area (Å²) in [5.74, 6) is 0.334. The number of H-pyrrole nitrogens is 1. The van der Waals surface area contributed by atoms with E-state index in [1.165, 1.54) is 6.07 Å². The average molecular weight is 243 g/mol. The van der Waals surface area contributed by atoms with Gasteiger partial charge < -0.3 is 10.4 Å². The van der Waals surface area contributed by atoms with Crippen LogP contribution in [0.1, 0.15) is 0 Å². The molecular weight excluding hydrogens is 234 g/mol. The van der Waals surface area contributed by atoms with Gasteiger partial charge in [-0.05, 0) is 12.1 Å². The number of nitrogens with zero attached hydrogens (tertiary/aromatic N) is 4. The molecule has 0 radical (unpaired) electrons. The zero-order valence-corrected chi connectivity index (χ0v) is 9.24. The van der Waals surface area contributed by atoms with Crippen molar-refractivity contribution in [3.05, 3.63) is 35.7 Å². The van der Waals surface area contributed by atoms with Gasteiger partial charge in [0.1, 0.15) is 17.9 Å². The molecule has 0 fully saturated rings. The number of nitrogens with one attached hydrogen (secondary N) is 1. The minimum absolute atomic E-state index is 0.334. The van der Waals surface area contributed by atoms with E-state index in [9.17, 15) is 10.4 Å². The Bertz CT molecular complexity index is 729. The molecular formula is C11H9N5O2. The van der Waals surface area contributed by atoms with Gasteiger partial charge in [-0.3, -0.25) is 5.10 Å². The minimum atomic E-state index is 0.334. The van der Waals surface area contributed by atoms with Gasteiger partial charge in [0.15, 0.2) is 5.82 Å². The lowest BCUT2D eigenvalue weighted by molar-refractivity contribution is -0.349. The number of fused-ring (bicyclic) bond motifs is 1. The van der Waals surface area contributed by atoms with Crippen molar-refractivity contribution >= 4 is 23.4 Å². The summed E-state index contributed by atoms with van der Waals surface area (Å²) in [7, 11) is 0. The second-order valence-corrected chi connectivity index (χ2v) is 3.77. The second-order valence-electron chi connectivity index (χ2n) is 3.77. The molecule has 0 aliphatic carbocycles. The van der Waals surface area contributed by atoms with E-state index in [2.05, 4.69) is 21.9 Å². The Morgan fingerprint density at radius 3 is 2.89 bits per heavy atom. The van der Waals surface area contributed by atoms with E-state index in [4.69, 9.17) is 0 Å². The largest absolute Gasteiger partial charge is 0.619 e. The predicted octanol–water partition coefficient (Wildman–Crippen LogP) is 1.51. The normalized spacial score (nSPS) is 10.9. The van der Waals surface area contributed by atoms with Crippen LogP contribution in [0, 0.1) is 5.21 Å². The maximum Gasteiger partial charge on any atom is 0.218 e. The topological polar surface area (TPSA) is 92.8 Å². The van der Waals surface area contributed by atoms with Crippen LogP contribution in [0.3, 0.4) is 0 Å². The van der Waals surface area contributed by atoms with Crippen LogP contribution in [-0.2, 0) is 0 Å². The molecule has 3 rings (SSSR count). The summed E-state index contributed by atoms with van der Waals surface area (Å²) in [5, 5.41) is 27.7. The number of imidazole rings is 1. The first-order valence-corrected chi connectivity index (χ1v) is 5.16. The zero-order valence-electron chi connectivity index (χ0n) is 9.24. The van der Waals surface area contributed by atoms with E-state index in [0.29, 0.717) is 33.0 Å². The van der Waals surface area contributed by atoms with E-state index in [-0.39, 0.29) is 0 Å². The van der Waals surface area contributed by atoms with Crippen molar-refractivity contribution in [1.29, 1.82) is 0 Å². The molecule has 7 heteroatoms. The van der Waals surface area contributed by atoms with E-state index >= 15 is 0 Å². The number of aromatic amines is 1. The SMILES string of the molecule is C=[N+]([O-])c1ccc2nc(-c3ccn[nH]3)n(O)c2c1. The Kier molecular flexibility index (Phi) is 2.06. The molecule has 2 heterocycles. The molecule has 0 atom stereocenters. The highest BCUT2D eigenvalue weighted by atomic mass is 16.5. The molecule has 90 valence electrons. The quantitative estimate of drug-likeness (QED) is 0.234. The first-order chi connectivity index (χ1) is 8.66. The molecule has 2 N–H and O–H groups in total. The number of rotatable bonds is 2. The first kappa shape index (κ1) is 10.3. The number of hydrogen-bond donors (Lipinski definition) is 2. The third kappa shape index (κ3) is 1.41. The average Bonchev–Trinajstić information content (AvgIpc) is 2.97. The highest BCUT2D eigenvalue weighted by Gasteiger charge is 2.14. The molecule has 7 nitrogen and oxygen atoms in total. The Hall–Kier alpha value is -2.83. The maximum absolute atomic E-state index is 11.1. The van der Waals surface area contributed by atoms with Crippen molar-refractivity contribution in [2.24, 2.45) is 0 Å². The van der Waals surface area contributed by atoms with Crippen LogP contribution >= 0.6 is 0 Å². The van der Waals surface area contributed by atoms with Crippen molar-refractivity contribution in [3.8, 4) is 11.5 Å². The lowest BCUT2D eigenvalue weighted by Crippen LogP contribution is -1.95. The van der Waals surface area contributed by atoms with Gasteiger partial charge in [0.2, 0.25) is 5.69 Å². The molecule has 0 saturated heterocycles. The molecule has 1 aromatic carbocycles. The van der Waals surface area contributed by atoms with Gasteiger partial charge in [-0.25, -0.2) is 4.98 Å². The lowest BCUT2D eigenvalue weighted by atomic mass is 10.3. The fourth-order valence-electron chi connectivity index (χ4n) is 1.76. The summed E-state index contributed by atoms with van der Waals surface area (Å²) in [4.78, 5) is 4.26. The Morgan fingerprint density at radius 2 is 2.22 bits per heavy atom. The zero-order chi connectivity index (χ0) is 12.7. The molecule has 0 unspecified atom stereocenters. The summed E-state index contributed by atoms with van der Waals surface area (Å²) < 4.78 is 1.39. The summed E-state index contributed by atoms with van der Waals surface area (Å²) in [5.41, 5.74) is 1.94. The van der Waals surface area contributed by atoms with Crippen molar-refractivity contribution in [2.45, 2.75) is 0 Å². The van der Waals surface area contributed by atoms with Crippen LogP contribution in [0.4, 0.5) is 5.69 Å². The molecule has 0 saturated carbocycles. The molecule has 0 bridgehead atoms. The second kappa shape index (κ2) is 3.59. The first-order valence-electron chi connectivity index (χ1n) is 5.16. The van der Waals surface area contributed by atoms with Crippen LogP contribution in [0.2, 0.25) is 0 Å². The van der Waals surface area contributed by atoms with Gasteiger partial charge in [-0.2, -0.15) is 14.6 Å².